The quantitative estimate of drug-likeness (QED) is 0.728. The van der Waals surface area contributed by atoms with Gasteiger partial charge in [0.15, 0.2) is 0 Å². The maximum Gasteiger partial charge on any atom is 0.0697 e. The third-order valence-electron chi connectivity index (χ3n) is 3.82. The van der Waals surface area contributed by atoms with Gasteiger partial charge in [-0.3, -0.25) is 0 Å². The summed E-state index contributed by atoms with van der Waals surface area (Å²) in [6.45, 7) is 1.56. The van der Waals surface area contributed by atoms with Gasteiger partial charge in [-0.25, -0.2) is 0 Å². The average molecular weight is 229 g/mol. The van der Waals surface area contributed by atoms with Crippen molar-refractivity contribution in [2.24, 2.45) is 0 Å². The number of methoxy groups -OCH3 is 1. The smallest absolute Gasteiger partial charge is 0.0697 e. The van der Waals surface area contributed by atoms with E-state index in [1.807, 2.05) is 0 Å². The SMILES string of the molecule is COCC(CO)NC1CCOC2(CCC2)C1. The highest BCUT2D eigenvalue weighted by Gasteiger charge is 2.42. The Morgan fingerprint density at radius 3 is 2.94 bits per heavy atom. The molecular weight excluding hydrogens is 206 g/mol. The predicted octanol–water partition coefficient (Wildman–Crippen LogP) is 0.685. The van der Waals surface area contributed by atoms with E-state index in [1.54, 1.807) is 7.11 Å². The largest absolute Gasteiger partial charge is 0.395 e. The second kappa shape index (κ2) is 5.45. The van der Waals surface area contributed by atoms with Crippen molar-refractivity contribution < 1.29 is 14.6 Å². The summed E-state index contributed by atoms with van der Waals surface area (Å²) in [6.07, 6.45) is 5.85. The maximum atomic E-state index is 9.22. The van der Waals surface area contributed by atoms with Crippen molar-refractivity contribution in [1.29, 1.82) is 0 Å². The number of hydrogen-bond acceptors (Lipinski definition) is 4. The summed E-state index contributed by atoms with van der Waals surface area (Å²) in [4.78, 5) is 0. The minimum absolute atomic E-state index is 0.0604. The van der Waals surface area contributed by atoms with Gasteiger partial charge in [-0.05, 0) is 32.1 Å². The predicted molar refractivity (Wildman–Crippen MR) is 61.4 cm³/mol. The minimum atomic E-state index is 0.0604. The van der Waals surface area contributed by atoms with Gasteiger partial charge in [0.25, 0.3) is 0 Å². The number of aliphatic hydroxyl groups is 1. The summed E-state index contributed by atoms with van der Waals surface area (Å²) >= 11 is 0. The van der Waals surface area contributed by atoms with Crippen LogP contribution < -0.4 is 5.32 Å². The van der Waals surface area contributed by atoms with Gasteiger partial charge in [-0.15, -0.1) is 0 Å². The number of hydrogen-bond donors (Lipinski definition) is 2. The van der Waals surface area contributed by atoms with Gasteiger partial charge in [0, 0.05) is 19.8 Å². The third-order valence-corrected chi connectivity index (χ3v) is 3.82. The van der Waals surface area contributed by atoms with E-state index in [2.05, 4.69) is 5.32 Å². The summed E-state index contributed by atoms with van der Waals surface area (Å²) in [6, 6.07) is 0.534. The molecule has 0 amide bonds. The molecule has 1 saturated carbocycles. The molecule has 1 spiro atoms. The molecule has 1 aliphatic heterocycles. The molecule has 4 heteroatoms. The van der Waals surface area contributed by atoms with Crippen LogP contribution in [-0.2, 0) is 9.47 Å². The normalized spacial score (nSPS) is 30.0. The summed E-state index contributed by atoms with van der Waals surface area (Å²) in [5, 5.41) is 12.7. The van der Waals surface area contributed by atoms with Gasteiger partial charge in [-0.1, -0.05) is 0 Å². The Labute approximate surface area is 97.3 Å². The molecular formula is C12H23NO3. The van der Waals surface area contributed by atoms with Crippen LogP contribution in [0.4, 0.5) is 0 Å². The number of aliphatic hydroxyl groups excluding tert-OH is 1. The lowest BCUT2D eigenvalue weighted by Gasteiger charge is -2.47. The lowest BCUT2D eigenvalue weighted by molar-refractivity contribution is -0.137. The standard InChI is InChI=1S/C12H23NO3/c1-15-9-11(8-14)13-10-3-6-16-12(7-10)4-2-5-12/h10-11,13-14H,2-9H2,1H3. The first-order valence-electron chi connectivity index (χ1n) is 6.28. The molecule has 0 aromatic carbocycles. The molecule has 0 aromatic rings. The Kier molecular flexibility index (Phi) is 4.19. The van der Waals surface area contributed by atoms with Crippen LogP contribution in [0.5, 0.6) is 0 Å². The topological polar surface area (TPSA) is 50.7 Å². The van der Waals surface area contributed by atoms with Crippen molar-refractivity contribution in [2.45, 2.75) is 49.8 Å². The van der Waals surface area contributed by atoms with Crippen molar-refractivity contribution in [3.8, 4) is 0 Å². The molecule has 2 fully saturated rings. The molecule has 0 radical (unpaired) electrons. The fraction of sp³-hybridized carbons (Fsp3) is 1.00. The van der Waals surface area contributed by atoms with Crippen LogP contribution in [0.1, 0.15) is 32.1 Å². The van der Waals surface area contributed by atoms with Gasteiger partial charge < -0.3 is 19.9 Å². The van der Waals surface area contributed by atoms with Crippen LogP contribution >= 0.6 is 0 Å². The van der Waals surface area contributed by atoms with E-state index in [9.17, 15) is 5.11 Å². The molecule has 2 N–H and O–H groups in total. The van der Waals surface area contributed by atoms with Crippen molar-refractivity contribution >= 4 is 0 Å². The summed E-state index contributed by atoms with van der Waals surface area (Å²) in [5.41, 5.74) is 0.170. The van der Waals surface area contributed by atoms with E-state index in [0.29, 0.717) is 12.6 Å². The molecule has 0 aromatic heterocycles. The third kappa shape index (κ3) is 2.74. The molecule has 0 bridgehead atoms. The van der Waals surface area contributed by atoms with Crippen molar-refractivity contribution in [2.75, 3.05) is 26.9 Å². The Morgan fingerprint density at radius 2 is 2.38 bits per heavy atom. The Bertz CT molecular complexity index is 218. The molecule has 2 atom stereocenters. The molecule has 16 heavy (non-hydrogen) atoms. The van der Waals surface area contributed by atoms with Crippen LogP contribution in [0.15, 0.2) is 0 Å². The van der Waals surface area contributed by atoms with Crippen LogP contribution in [0.25, 0.3) is 0 Å². The van der Waals surface area contributed by atoms with Gasteiger partial charge >= 0.3 is 0 Å². The van der Waals surface area contributed by atoms with E-state index in [1.165, 1.54) is 19.3 Å². The Hall–Kier alpha value is -0.160. The Morgan fingerprint density at radius 1 is 1.56 bits per heavy atom. The summed E-state index contributed by atoms with van der Waals surface area (Å²) < 4.78 is 10.9. The molecule has 4 nitrogen and oxygen atoms in total. The second-order valence-electron chi connectivity index (χ2n) is 5.08. The second-order valence-corrected chi connectivity index (χ2v) is 5.08. The molecule has 2 aliphatic rings. The fourth-order valence-electron chi connectivity index (χ4n) is 2.78. The molecule has 1 heterocycles. The molecule has 94 valence electrons. The highest BCUT2D eigenvalue weighted by atomic mass is 16.5. The van der Waals surface area contributed by atoms with Crippen LogP contribution in [-0.4, -0.2) is 49.7 Å². The van der Waals surface area contributed by atoms with E-state index in [0.717, 1.165) is 19.4 Å². The van der Waals surface area contributed by atoms with Crippen LogP contribution in [0.3, 0.4) is 0 Å². The molecule has 2 unspecified atom stereocenters. The fourth-order valence-corrected chi connectivity index (χ4v) is 2.78. The molecule has 2 rings (SSSR count). The highest BCUT2D eigenvalue weighted by Crippen LogP contribution is 2.42. The summed E-state index contributed by atoms with van der Waals surface area (Å²) in [5.74, 6) is 0. The number of nitrogens with one attached hydrogen (secondary N) is 1. The van der Waals surface area contributed by atoms with Crippen molar-refractivity contribution in [3.63, 3.8) is 0 Å². The van der Waals surface area contributed by atoms with Crippen LogP contribution in [0, 0.1) is 0 Å². The lowest BCUT2D eigenvalue weighted by atomic mass is 9.74. The first kappa shape index (κ1) is 12.3. The highest BCUT2D eigenvalue weighted by molar-refractivity contribution is 4.96. The first-order valence-corrected chi connectivity index (χ1v) is 6.28. The van der Waals surface area contributed by atoms with Gasteiger partial charge in [0.05, 0.1) is 24.9 Å². The molecule has 1 saturated heterocycles. The zero-order valence-electron chi connectivity index (χ0n) is 10.1. The average Bonchev–Trinajstić information content (AvgIpc) is 2.27. The zero-order valence-corrected chi connectivity index (χ0v) is 10.1. The van der Waals surface area contributed by atoms with Gasteiger partial charge in [0.2, 0.25) is 0 Å². The number of ether oxygens (including phenoxy) is 2. The van der Waals surface area contributed by atoms with Crippen LogP contribution in [0.2, 0.25) is 0 Å². The maximum absolute atomic E-state index is 9.22. The zero-order chi connectivity index (χ0) is 11.4. The first-order chi connectivity index (χ1) is 7.78. The minimum Gasteiger partial charge on any atom is -0.395 e. The summed E-state index contributed by atoms with van der Waals surface area (Å²) in [7, 11) is 1.67. The van der Waals surface area contributed by atoms with Crippen molar-refractivity contribution in [1.82, 2.24) is 5.32 Å². The number of rotatable bonds is 5. The van der Waals surface area contributed by atoms with Gasteiger partial charge in [-0.2, -0.15) is 0 Å². The van der Waals surface area contributed by atoms with E-state index >= 15 is 0 Å². The van der Waals surface area contributed by atoms with E-state index < -0.39 is 0 Å². The lowest BCUT2D eigenvalue weighted by Crippen LogP contribution is -2.54. The monoisotopic (exact) mass is 229 g/mol. The Balaban J connectivity index is 1.80. The van der Waals surface area contributed by atoms with E-state index in [4.69, 9.17) is 9.47 Å². The van der Waals surface area contributed by atoms with Crippen molar-refractivity contribution in [3.05, 3.63) is 0 Å². The van der Waals surface area contributed by atoms with E-state index in [-0.39, 0.29) is 18.2 Å². The van der Waals surface area contributed by atoms with Gasteiger partial charge in [0.1, 0.15) is 0 Å². The molecule has 1 aliphatic carbocycles.